The minimum atomic E-state index is -0.799. The van der Waals surface area contributed by atoms with Gasteiger partial charge in [-0.2, -0.15) is 0 Å². The van der Waals surface area contributed by atoms with E-state index >= 15 is 0 Å². The third kappa shape index (κ3) is 2.73. The van der Waals surface area contributed by atoms with Gasteiger partial charge in [0.2, 0.25) is 0 Å². The van der Waals surface area contributed by atoms with Crippen LogP contribution in [0.3, 0.4) is 0 Å². The minimum Gasteiger partial charge on any atom is -0.481 e. The maximum Gasteiger partial charge on any atom is 0.308 e. The van der Waals surface area contributed by atoms with Crippen LogP contribution < -0.4 is 0 Å². The van der Waals surface area contributed by atoms with Crippen molar-refractivity contribution in [2.75, 3.05) is 0 Å². The third-order valence-electron chi connectivity index (χ3n) is 2.56. The average Bonchev–Trinajstić information content (AvgIpc) is 2.87. The van der Waals surface area contributed by atoms with Crippen LogP contribution in [0.5, 0.6) is 0 Å². The molecule has 0 saturated carbocycles. The van der Waals surface area contributed by atoms with E-state index in [2.05, 4.69) is 18.0 Å². The summed E-state index contributed by atoms with van der Waals surface area (Å²) in [7, 11) is 0. The van der Waals surface area contributed by atoms with Crippen LogP contribution in [0.2, 0.25) is 0 Å². The monoisotopic (exact) mass is 267 g/mol. The molecular formula is C12H13NO2S2. The highest BCUT2D eigenvalue weighted by atomic mass is 32.1. The van der Waals surface area contributed by atoms with Crippen molar-refractivity contribution in [1.82, 2.24) is 4.98 Å². The predicted molar refractivity (Wildman–Crippen MR) is 70.0 cm³/mol. The van der Waals surface area contributed by atoms with Crippen molar-refractivity contribution in [3.8, 4) is 0 Å². The highest BCUT2D eigenvalue weighted by Crippen LogP contribution is 2.32. The highest BCUT2D eigenvalue weighted by Gasteiger charge is 2.17. The summed E-state index contributed by atoms with van der Waals surface area (Å²) in [5.41, 5.74) is 0.843. The van der Waals surface area contributed by atoms with Gasteiger partial charge in [-0.1, -0.05) is 13.0 Å². The van der Waals surface area contributed by atoms with Crippen molar-refractivity contribution in [3.63, 3.8) is 0 Å². The summed E-state index contributed by atoms with van der Waals surface area (Å²) in [5, 5.41) is 11.9. The molecule has 0 fully saturated rings. The van der Waals surface area contributed by atoms with Crippen LogP contribution in [-0.2, 0) is 11.2 Å². The maximum atomic E-state index is 10.7. The van der Waals surface area contributed by atoms with Crippen LogP contribution in [0.15, 0.2) is 17.5 Å². The molecule has 0 aliphatic rings. The molecule has 0 aliphatic heterocycles. The van der Waals surface area contributed by atoms with E-state index in [1.807, 2.05) is 18.4 Å². The lowest BCUT2D eigenvalue weighted by atomic mass is 10.1. The highest BCUT2D eigenvalue weighted by molar-refractivity contribution is 7.12. The Hall–Kier alpha value is -1.20. The average molecular weight is 267 g/mol. The number of aromatic nitrogens is 1. The van der Waals surface area contributed by atoms with Crippen LogP contribution in [0.25, 0.3) is 0 Å². The minimum absolute atomic E-state index is 0.0701. The van der Waals surface area contributed by atoms with Crippen molar-refractivity contribution >= 4 is 28.6 Å². The van der Waals surface area contributed by atoms with Gasteiger partial charge in [0.15, 0.2) is 0 Å². The number of thiophene rings is 1. The lowest BCUT2D eigenvalue weighted by Crippen LogP contribution is -1.99. The summed E-state index contributed by atoms with van der Waals surface area (Å²) in [6.07, 6.45) is 0.0701. The van der Waals surface area contributed by atoms with Crippen LogP contribution in [0.1, 0.15) is 33.3 Å². The molecule has 0 aliphatic carbocycles. The van der Waals surface area contributed by atoms with Gasteiger partial charge in [0.05, 0.1) is 12.1 Å². The first kappa shape index (κ1) is 12.3. The lowest BCUT2D eigenvalue weighted by molar-refractivity contribution is -0.136. The molecule has 0 saturated heterocycles. The molecular weight excluding hydrogens is 254 g/mol. The number of aliphatic carboxylic acids is 1. The number of hydrogen-bond acceptors (Lipinski definition) is 4. The third-order valence-corrected chi connectivity index (χ3v) is 4.96. The fourth-order valence-electron chi connectivity index (χ4n) is 1.60. The Morgan fingerprint density at radius 2 is 2.35 bits per heavy atom. The van der Waals surface area contributed by atoms with Gasteiger partial charge in [-0.3, -0.25) is 4.79 Å². The van der Waals surface area contributed by atoms with Crippen molar-refractivity contribution in [1.29, 1.82) is 0 Å². The van der Waals surface area contributed by atoms with E-state index in [0.29, 0.717) is 0 Å². The van der Waals surface area contributed by atoms with Crippen molar-refractivity contribution < 1.29 is 9.90 Å². The first-order valence-corrected chi connectivity index (χ1v) is 6.99. The standard InChI is InChI=1S/C12H13NO2S2/c1-7(9-4-3-5-16-9)12-13-8(2)10(17-12)6-11(14)15/h3-5,7H,6H2,1-2H3,(H,14,15). The summed E-state index contributed by atoms with van der Waals surface area (Å²) in [6.45, 7) is 3.98. The number of carbonyl (C=O) groups is 1. The van der Waals surface area contributed by atoms with E-state index in [9.17, 15) is 4.79 Å². The van der Waals surface area contributed by atoms with Gasteiger partial charge in [-0.25, -0.2) is 4.98 Å². The summed E-state index contributed by atoms with van der Waals surface area (Å²) in [4.78, 5) is 17.3. The first-order valence-electron chi connectivity index (χ1n) is 5.29. The predicted octanol–water partition coefficient (Wildman–Crippen LogP) is 3.29. The number of hydrogen-bond donors (Lipinski definition) is 1. The van der Waals surface area contributed by atoms with E-state index < -0.39 is 5.97 Å². The van der Waals surface area contributed by atoms with Crippen LogP contribution >= 0.6 is 22.7 Å². The molecule has 17 heavy (non-hydrogen) atoms. The van der Waals surface area contributed by atoms with Crippen LogP contribution in [-0.4, -0.2) is 16.1 Å². The molecule has 5 heteroatoms. The number of nitrogens with zero attached hydrogens (tertiary/aromatic N) is 1. The van der Waals surface area contributed by atoms with Crippen LogP contribution in [0.4, 0.5) is 0 Å². The summed E-state index contributed by atoms with van der Waals surface area (Å²) >= 11 is 3.21. The van der Waals surface area contributed by atoms with Crippen molar-refractivity contribution in [3.05, 3.63) is 38.0 Å². The van der Waals surface area contributed by atoms with Crippen LogP contribution in [0, 0.1) is 6.92 Å². The molecule has 0 aromatic carbocycles. The summed E-state index contributed by atoms with van der Waals surface area (Å²) in [6, 6.07) is 4.11. The molecule has 1 atom stereocenters. The molecule has 1 N–H and O–H groups in total. The van der Waals surface area contributed by atoms with E-state index in [-0.39, 0.29) is 12.3 Å². The SMILES string of the molecule is Cc1nc(C(C)c2cccs2)sc1CC(=O)O. The Balaban J connectivity index is 2.25. The molecule has 0 bridgehead atoms. The number of thiazole rings is 1. The topological polar surface area (TPSA) is 50.2 Å². The molecule has 0 spiro atoms. The zero-order valence-corrected chi connectivity index (χ0v) is 11.3. The fourth-order valence-corrected chi connectivity index (χ4v) is 3.59. The second kappa shape index (κ2) is 4.98. The Kier molecular flexibility index (Phi) is 3.59. The van der Waals surface area contributed by atoms with Gasteiger partial charge in [0.1, 0.15) is 5.01 Å². The van der Waals surface area contributed by atoms with Gasteiger partial charge in [-0.15, -0.1) is 22.7 Å². The Morgan fingerprint density at radius 1 is 1.59 bits per heavy atom. The second-order valence-electron chi connectivity index (χ2n) is 3.87. The van der Waals surface area contributed by atoms with Gasteiger partial charge in [0.25, 0.3) is 0 Å². The van der Waals surface area contributed by atoms with Gasteiger partial charge >= 0.3 is 5.97 Å². The van der Waals surface area contributed by atoms with Crippen molar-refractivity contribution in [2.45, 2.75) is 26.2 Å². The maximum absolute atomic E-state index is 10.7. The Morgan fingerprint density at radius 3 is 2.94 bits per heavy atom. The number of aryl methyl sites for hydroxylation is 1. The number of carboxylic acid groups (broad SMARTS) is 1. The molecule has 0 radical (unpaired) electrons. The zero-order valence-electron chi connectivity index (χ0n) is 9.64. The Bertz CT molecular complexity index is 517. The Labute approximate surface area is 108 Å². The molecule has 3 nitrogen and oxygen atoms in total. The molecule has 2 aromatic rings. The normalized spacial score (nSPS) is 12.6. The molecule has 1 unspecified atom stereocenters. The molecule has 0 amide bonds. The van der Waals surface area contributed by atoms with Gasteiger partial charge in [0, 0.05) is 15.7 Å². The molecule has 2 heterocycles. The van der Waals surface area contributed by atoms with Gasteiger partial charge < -0.3 is 5.11 Å². The zero-order chi connectivity index (χ0) is 12.4. The summed E-state index contributed by atoms with van der Waals surface area (Å²) < 4.78 is 0. The smallest absolute Gasteiger partial charge is 0.308 e. The lowest BCUT2D eigenvalue weighted by Gasteiger charge is -2.03. The number of rotatable bonds is 4. The number of carboxylic acids is 1. The van der Waals surface area contributed by atoms with E-state index in [0.717, 1.165) is 15.6 Å². The largest absolute Gasteiger partial charge is 0.481 e. The first-order chi connectivity index (χ1) is 8.08. The fraction of sp³-hybridized carbons (Fsp3) is 0.333. The van der Waals surface area contributed by atoms with Gasteiger partial charge in [-0.05, 0) is 18.4 Å². The second-order valence-corrected chi connectivity index (χ2v) is 5.96. The molecule has 2 rings (SSSR count). The summed E-state index contributed by atoms with van der Waals surface area (Å²) in [5.74, 6) is -0.548. The van der Waals surface area contributed by atoms with Crippen molar-refractivity contribution in [2.24, 2.45) is 0 Å². The van der Waals surface area contributed by atoms with E-state index in [1.165, 1.54) is 16.2 Å². The molecule has 2 aromatic heterocycles. The quantitative estimate of drug-likeness (QED) is 0.924. The van der Waals surface area contributed by atoms with E-state index in [1.54, 1.807) is 11.3 Å². The van der Waals surface area contributed by atoms with E-state index in [4.69, 9.17) is 5.11 Å². The molecule has 90 valence electrons.